The zero-order chi connectivity index (χ0) is 42.2. The highest BCUT2D eigenvalue weighted by Crippen LogP contribution is 2.36. The number of allylic oxidation sites excluding steroid dienone is 4. The number of benzene rings is 2. The third-order valence-electron chi connectivity index (χ3n) is 6.91. The van der Waals surface area contributed by atoms with Gasteiger partial charge in [-0.15, -0.1) is 0 Å². The lowest BCUT2D eigenvalue weighted by atomic mass is 10.1. The Morgan fingerprint density at radius 1 is 0.574 bits per heavy atom. The fraction of sp³-hybridized carbons (Fsp3) is 0.333. The molecule has 2 aromatic carbocycles. The van der Waals surface area contributed by atoms with Gasteiger partial charge in [-0.3, -0.25) is 20.4 Å². The normalized spacial score (nSPS) is 9.85. The SMILES string of the molecule is C=Cc1c(/C=C\C)c(/C=C\C)n(-c2cc(C(=O)NNC=O)cc(-n3c(C=C)c(/C=C\C)c4ccccc43)c2)c1/C=C\C.CC.CC.CC.CC.CC.CC. The number of amides is 2. The molecular weight excluding hydrogens is 665 g/mol. The molecule has 2 amide bonds. The molecule has 4 aromatic rings. The number of hydrazine groups is 1. The van der Waals surface area contributed by atoms with E-state index in [-0.39, 0.29) is 0 Å². The molecule has 0 bridgehead atoms. The van der Waals surface area contributed by atoms with Gasteiger partial charge in [0.2, 0.25) is 6.41 Å². The minimum absolute atomic E-state index is 0.372. The number of aromatic nitrogens is 2. The van der Waals surface area contributed by atoms with Crippen molar-refractivity contribution in [2.45, 2.75) is 111 Å². The molecule has 6 nitrogen and oxygen atoms in total. The maximum absolute atomic E-state index is 13.3. The first-order valence-corrected chi connectivity index (χ1v) is 19.8. The Hall–Kier alpha value is -5.36. The van der Waals surface area contributed by atoms with Crippen LogP contribution in [0.25, 0.3) is 58.7 Å². The molecule has 0 unspecified atom stereocenters. The molecule has 0 spiro atoms. The minimum atomic E-state index is -0.444. The number of carbonyl (C=O) groups excluding carboxylic acids is 2. The van der Waals surface area contributed by atoms with Crippen molar-refractivity contribution in [3.8, 4) is 11.4 Å². The molecule has 54 heavy (non-hydrogen) atoms. The number of para-hydroxylation sites is 1. The average Bonchev–Trinajstić information content (AvgIpc) is 3.72. The molecule has 2 heterocycles. The summed E-state index contributed by atoms with van der Waals surface area (Å²) in [6.45, 7) is 40.2. The Morgan fingerprint density at radius 2 is 1.04 bits per heavy atom. The molecule has 0 saturated carbocycles. The molecule has 2 aromatic heterocycles. The Morgan fingerprint density at radius 3 is 1.50 bits per heavy atom. The topological polar surface area (TPSA) is 68.1 Å². The lowest BCUT2D eigenvalue weighted by molar-refractivity contribution is -0.110. The van der Waals surface area contributed by atoms with E-state index in [1.54, 1.807) is 0 Å². The monoisotopic (exact) mass is 737 g/mol. The summed E-state index contributed by atoms with van der Waals surface area (Å²) in [5, 5.41) is 1.07. The maximum atomic E-state index is 13.3. The van der Waals surface area contributed by atoms with Crippen molar-refractivity contribution in [3.63, 3.8) is 0 Å². The standard InChI is InChI=1S/C36H36N4O2.6C2H6/c1-7-15-29-28(11-5)33(17-9-3)40(34(29)18-10-4)27-22-25(36(42)38-37-24-41)21-26(23-27)39-32(12-6)30(16-8-2)31-19-13-14-20-35(31)39;6*1-2/h7-24H,5-6H2,1-4H3,(H,37,41)(H,38,42);6*1-2H3/b15-7-,16-8-,17-9-,18-10-;;;;;;. The second-order valence-electron chi connectivity index (χ2n) is 9.45. The number of hydrogen-bond donors (Lipinski definition) is 2. The van der Waals surface area contributed by atoms with E-state index in [0.29, 0.717) is 12.0 Å². The number of carbonyl (C=O) groups is 2. The number of nitrogens with zero attached hydrogens (tertiary/aromatic N) is 2. The summed E-state index contributed by atoms with van der Waals surface area (Å²) >= 11 is 0. The Bertz CT molecular complexity index is 1790. The molecule has 0 aliphatic heterocycles. The van der Waals surface area contributed by atoms with Crippen molar-refractivity contribution >= 4 is 59.7 Å². The Balaban J connectivity index is -0.00000197. The van der Waals surface area contributed by atoms with Crippen molar-refractivity contribution in [1.29, 1.82) is 0 Å². The van der Waals surface area contributed by atoms with Crippen molar-refractivity contribution in [2.24, 2.45) is 0 Å². The average molecular weight is 737 g/mol. The smallest absolute Gasteiger partial charge is 0.269 e. The summed E-state index contributed by atoms with van der Waals surface area (Å²) in [4.78, 5) is 24.3. The molecule has 0 radical (unpaired) electrons. The molecule has 0 aliphatic carbocycles. The van der Waals surface area contributed by atoms with Crippen LogP contribution in [0.2, 0.25) is 0 Å². The summed E-state index contributed by atoms with van der Waals surface area (Å²) in [7, 11) is 0. The zero-order valence-electron chi connectivity index (χ0n) is 36.5. The van der Waals surface area contributed by atoms with Gasteiger partial charge >= 0.3 is 0 Å². The highest BCUT2D eigenvalue weighted by Gasteiger charge is 2.22. The van der Waals surface area contributed by atoms with Crippen LogP contribution >= 0.6 is 0 Å². The fourth-order valence-corrected chi connectivity index (χ4v) is 5.38. The van der Waals surface area contributed by atoms with Gasteiger partial charge in [0.1, 0.15) is 0 Å². The second kappa shape index (κ2) is 32.3. The molecular formula is C48H72N4O2. The highest BCUT2D eigenvalue weighted by atomic mass is 16.2. The molecule has 2 N–H and O–H groups in total. The summed E-state index contributed by atoms with van der Waals surface area (Å²) in [5.41, 5.74) is 13.4. The van der Waals surface area contributed by atoms with Gasteiger partial charge in [-0.25, -0.2) is 0 Å². The summed E-state index contributed by atoms with van der Waals surface area (Å²) in [6, 6.07) is 13.9. The third kappa shape index (κ3) is 13.2. The first kappa shape index (κ1) is 53.0. The van der Waals surface area contributed by atoms with Gasteiger partial charge in [-0.05, 0) is 70.2 Å². The van der Waals surface area contributed by atoms with Crippen LogP contribution in [0.4, 0.5) is 0 Å². The van der Waals surface area contributed by atoms with Crippen molar-refractivity contribution < 1.29 is 9.59 Å². The molecule has 0 atom stereocenters. The first-order valence-electron chi connectivity index (χ1n) is 19.8. The highest BCUT2D eigenvalue weighted by molar-refractivity contribution is 5.98. The molecule has 6 heteroatoms. The number of hydrogen-bond acceptors (Lipinski definition) is 2. The Labute approximate surface area is 329 Å². The first-order chi connectivity index (χ1) is 26.5. The number of nitrogens with one attached hydrogen (secondary N) is 2. The van der Waals surface area contributed by atoms with Crippen molar-refractivity contribution in [2.75, 3.05) is 0 Å². The van der Waals surface area contributed by atoms with Crippen LogP contribution in [-0.4, -0.2) is 21.5 Å². The van der Waals surface area contributed by atoms with Crippen LogP contribution < -0.4 is 10.9 Å². The summed E-state index contributed by atoms with van der Waals surface area (Å²) < 4.78 is 4.24. The lowest BCUT2D eigenvalue weighted by Crippen LogP contribution is -2.36. The molecule has 4 rings (SSSR count). The van der Waals surface area contributed by atoms with Gasteiger partial charge in [0, 0.05) is 39.0 Å². The van der Waals surface area contributed by atoms with Crippen LogP contribution in [0, 0.1) is 0 Å². The van der Waals surface area contributed by atoms with E-state index in [4.69, 9.17) is 0 Å². The van der Waals surface area contributed by atoms with Gasteiger partial charge < -0.3 is 9.13 Å². The largest absolute Gasteiger partial charge is 0.309 e. The number of rotatable bonds is 11. The van der Waals surface area contributed by atoms with E-state index in [0.717, 1.165) is 56.0 Å². The predicted molar refractivity (Wildman–Crippen MR) is 246 cm³/mol. The molecule has 0 fully saturated rings. The van der Waals surface area contributed by atoms with Crippen molar-refractivity contribution in [3.05, 3.63) is 119 Å². The van der Waals surface area contributed by atoms with E-state index in [2.05, 4.69) is 69.6 Å². The van der Waals surface area contributed by atoms with Gasteiger partial charge in [0.25, 0.3) is 5.91 Å². The second-order valence-corrected chi connectivity index (χ2v) is 9.45. The van der Waals surface area contributed by atoms with E-state index in [1.807, 2.05) is 178 Å². The third-order valence-corrected chi connectivity index (χ3v) is 6.91. The zero-order valence-corrected chi connectivity index (χ0v) is 36.5. The van der Waals surface area contributed by atoms with Gasteiger partial charge in [-0.2, -0.15) is 0 Å². The fourth-order valence-electron chi connectivity index (χ4n) is 5.38. The van der Waals surface area contributed by atoms with Crippen LogP contribution in [0.3, 0.4) is 0 Å². The van der Waals surface area contributed by atoms with Crippen LogP contribution in [0.5, 0.6) is 0 Å². The lowest BCUT2D eigenvalue weighted by Gasteiger charge is -2.17. The summed E-state index contributed by atoms with van der Waals surface area (Å²) in [6.07, 6.45) is 20.4. The summed E-state index contributed by atoms with van der Waals surface area (Å²) in [5.74, 6) is -0.444. The molecule has 296 valence electrons. The van der Waals surface area contributed by atoms with Crippen LogP contribution in [0.15, 0.2) is 79.9 Å². The van der Waals surface area contributed by atoms with E-state index < -0.39 is 5.91 Å². The maximum Gasteiger partial charge on any atom is 0.269 e. The quantitative estimate of drug-likeness (QED) is 0.119. The van der Waals surface area contributed by atoms with Crippen LogP contribution in [-0.2, 0) is 4.79 Å². The van der Waals surface area contributed by atoms with E-state index in [9.17, 15) is 9.59 Å². The van der Waals surface area contributed by atoms with Gasteiger partial charge in [0.05, 0.1) is 22.6 Å². The Kier molecular flexibility index (Phi) is 31.7. The predicted octanol–water partition coefficient (Wildman–Crippen LogP) is 14.4. The van der Waals surface area contributed by atoms with Gasteiger partial charge in [-0.1, -0.05) is 157 Å². The number of fused-ring (bicyclic) bond motifs is 1. The van der Waals surface area contributed by atoms with Crippen molar-refractivity contribution in [1.82, 2.24) is 20.0 Å². The molecule has 0 saturated heterocycles. The van der Waals surface area contributed by atoms with E-state index in [1.165, 1.54) is 0 Å². The molecule has 0 aliphatic rings. The van der Waals surface area contributed by atoms with E-state index >= 15 is 0 Å². The minimum Gasteiger partial charge on any atom is -0.309 e. The van der Waals surface area contributed by atoms with Crippen LogP contribution in [0.1, 0.15) is 155 Å². The van der Waals surface area contributed by atoms with Gasteiger partial charge in [0.15, 0.2) is 0 Å².